The number of aryl methyl sites for hydroxylation is 1. The zero-order chi connectivity index (χ0) is 15.2. The zero-order valence-corrected chi connectivity index (χ0v) is 12.7. The third-order valence-electron chi connectivity index (χ3n) is 3.05. The lowest BCUT2D eigenvalue weighted by Crippen LogP contribution is -2.28. The molecule has 0 atom stereocenters. The molecule has 0 radical (unpaired) electrons. The second kappa shape index (κ2) is 6.95. The zero-order valence-electron chi connectivity index (χ0n) is 12.7. The molecule has 0 aromatic heterocycles. The number of carbonyl (C=O) groups is 1. The van der Waals surface area contributed by atoms with Crippen molar-refractivity contribution in [2.75, 3.05) is 19.4 Å². The SMILES string of the molecule is CN(C)C(=O)CCCc1ccc(NC(C)(C)C#N)cc1. The summed E-state index contributed by atoms with van der Waals surface area (Å²) in [6.45, 7) is 3.68. The van der Waals surface area contributed by atoms with Crippen molar-refractivity contribution in [1.29, 1.82) is 5.26 Å². The average molecular weight is 273 g/mol. The molecular formula is C16H23N3O. The first-order valence-corrected chi connectivity index (χ1v) is 6.82. The van der Waals surface area contributed by atoms with Gasteiger partial charge in [-0.3, -0.25) is 4.79 Å². The molecule has 0 aliphatic carbocycles. The summed E-state index contributed by atoms with van der Waals surface area (Å²) in [7, 11) is 3.56. The van der Waals surface area contributed by atoms with Gasteiger partial charge in [-0.05, 0) is 44.4 Å². The molecule has 1 aromatic rings. The van der Waals surface area contributed by atoms with Crippen LogP contribution in [0.4, 0.5) is 5.69 Å². The van der Waals surface area contributed by atoms with Gasteiger partial charge in [0.15, 0.2) is 0 Å². The Morgan fingerprint density at radius 3 is 2.40 bits per heavy atom. The van der Waals surface area contributed by atoms with Crippen LogP contribution in [-0.4, -0.2) is 30.4 Å². The van der Waals surface area contributed by atoms with E-state index >= 15 is 0 Å². The van der Waals surface area contributed by atoms with E-state index in [1.807, 2.05) is 38.1 Å². The third-order valence-corrected chi connectivity index (χ3v) is 3.05. The van der Waals surface area contributed by atoms with Gasteiger partial charge in [0.25, 0.3) is 0 Å². The minimum Gasteiger partial charge on any atom is -0.368 e. The Kier molecular flexibility index (Phi) is 5.57. The smallest absolute Gasteiger partial charge is 0.222 e. The van der Waals surface area contributed by atoms with E-state index in [0.29, 0.717) is 6.42 Å². The number of amides is 1. The maximum atomic E-state index is 11.5. The summed E-state index contributed by atoms with van der Waals surface area (Å²) >= 11 is 0. The van der Waals surface area contributed by atoms with Gasteiger partial charge in [0.05, 0.1) is 6.07 Å². The Hall–Kier alpha value is -2.02. The Morgan fingerprint density at radius 1 is 1.30 bits per heavy atom. The van der Waals surface area contributed by atoms with Gasteiger partial charge in [-0.25, -0.2) is 0 Å². The molecule has 1 amide bonds. The molecule has 0 saturated heterocycles. The fourth-order valence-electron chi connectivity index (χ4n) is 1.81. The standard InChI is InChI=1S/C16H23N3O/c1-16(2,12-17)18-14-10-8-13(9-11-14)6-5-7-15(20)19(3)4/h8-11,18H,5-7H2,1-4H3. The lowest BCUT2D eigenvalue weighted by Gasteiger charge is -2.19. The van der Waals surface area contributed by atoms with Crippen molar-refractivity contribution in [3.8, 4) is 6.07 Å². The van der Waals surface area contributed by atoms with Crippen molar-refractivity contribution in [3.63, 3.8) is 0 Å². The highest BCUT2D eigenvalue weighted by molar-refractivity contribution is 5.75. The number of hydrogen-bond donors (Lipinski definition) is 1. The van der Waals surface area contributed by atoms with Gasteiger partial charge in [0, 0.05) is 26.2 Å². The van der Waals surface area contributed by atoms with Gasteiger partial charge in [-0.15, -0.1) is 0 Å². The summed E-state index contributed by atoms with van der Waals surface area (Å²) in [5.74, 6) is 0.166. The number of nitriles is 1. The van der Waals surface area contributed by atoms with Crippen LogP contribution in [0.1, 0.15) is 32.3 Å². The number of benzene rings is 1. The molecule has 1 aromatic carbocycles. The molecule has 20 heavy (non-hydrogen) atoms. The van der Waals surface area contributed by atoms with Gasteiger partial charge in [-0.1, -0.05) is 12.1 Å². The molecule has 0 unspecified atom stereocenters. The molecule has 0 aliphatic rings. The predicted octanol–water partition coefficient (Wildman–Crippen LogP) is 2.81. The summed E-state index contributed by atoms with van der Waals surface area (Å²) < 4.78 is 0. The summed E-state index contributed by atoms with van der Waals surface area (Å²) in [5.41, 5.74) is 1.57. The number of nitrogens with one attached hydrogen (secondary N) is 1. The van der Waals surface area contributed by atoms with Gasteiger partial charge in [-0.2, -0.15) is 5.26 Å². The number of nitrogens with zero attached hydrogens (tertiary/aromatic N) is 2. The van der Waals surface area contributed by atoms with Crippen LogP contribution in [0.5, 0.6) is 0 Å². The fourth-order valence-corrected chi connectivity index (χ4v) is 1.81. The van der Waals surface area contributed by atoms with E-state index in [1.54, 1.807) is 19.0 Å². The maximum Gasteiger partial charge on any atom is 0.222 e. The second-order valence-corrected chi connectivity index (χ2v) is 5.70. The first-order valence-electron chi connectivity index (χ1n) is 6.82. The number of anilines is 1. The fraction of sp³-hybridized carbons (Fsp3) is 0.500. The Bertz CT molecular complexity index is 483. The topological polar surface area (TPSA) is 56.1 Å². The molecule has 4 nitrogen and oxygen atoms in total. The molecule has 0 bridgehead atoms. The van der Waals surface area contributed by atoms with Crippen molar-refractivity contribution < 1.29 is 4.79 Å². The van der Waals surface area contributed by atoms with E-state index in [-0.39, 0.29) is 5.91 Å². The van der Waals surface area contributed by atoms with E-state index in [2.05, 4.69) is 11.4 Å². The quantitative estimate of drug-likeness (QED) is 0.867. The highest BCUT2D eigenvalue weighted by Gasteiger charge is 2.15. The highest BCUT2D eigenvalue weighted by atomic mass is 16.2. The maximum absolute atomic E-state index is 11.5. The normalized spacial score (nSPS) is 10.8. The van der Waals surface area contributed by atoms with Crippen LogP contribution in [-0.2, 0) is 11.2 Å². The van der Waals surface area contributed by atoms with E-state index in [4.69, 9.17) is 5.26 Å². The molecule has 4 heteroatoms. The summed E-state index contributed by atoms with van der Waals surface area (Å²) in [6.07, 6.45) is 2.32. The molecule has 0 heterocycles. The van der Waals surface area contributed by atoms with Crippen LogP contribution >= 0.6 is 0 Å². The Labute approximate surface area is 121 Å². The van der Waals surface area contributed by atoms with E-state index in [1.165, 1.54) is 5.56 Å². The van der Waals surface area contributed by atoms with Crippen molar-refractivity contribution in [2.45, 2.75) is 38.6 Å². The summed E-state index contributed by atoms with van der Waals surface area (Å²) in [5, 5.41) is 12.1. The van der Waals surface area contributed by atoms with Gasteiger partial charge >= 0.3 is 0 Å². The lowest BCUT2D eigenvalue weighted by molar-refractivity contribution is -0.128. The van der Waals surface area contributed by atoms with Crippen LogP contribution in [0, 0.1) is 11.3 Å². The van der Waals surface area contributed by atoms with Crippen molar-refractivity contribution >= 4 is 11.6 Å². The molecule has 0 aliphatic heterocycles. The molecule has 0 spiro atoms. The molecule has 1 N–H and O–H groups in total. The molecule has 0 saturated carbocycles. The van der Waals surface area contributed by atoms with Crippen molar-refractivity contribution in [1.82, 2.24) is 4.90 Å². The minimum atomic E-state index is -0.570. The lowest BCUT2D eigenvalue weighted by atomic mass is 10.1. The van der Waals surface area contributed by atoms with Gasteiger partial charge < -0.3 is 10.2 Å². The monoisotopic (exact) mass is 273 g/mol. The number of carbonyl (C=O) groups excluding carboxylic acids is 1. The van der Waals surface area contributed by atoms with Crippen LogP contribution in [0.3, 0.4) is 0 Å². The minimum absolute atomic E-state index is 0.166. The summed E-state index contributed by atoms with van der Waals surface area (Å²) in [6, 6.07) is 10.2. The average Bonchev–Trinajstić information content (AvgIpc) is 2.40. The Balaban J connectivity index is 2.47. The molecule has 0 fully saturated rings. The predicted molar refractivity (Wildman–Crippen MR) is 81.4 cm³/mol. The first kappa shape index (κ1) is 16.0. The van der Waals surface area contributed by atoms with Crippen LogP contribution in [0.15, 0.2) is 24.3 Å². The molecule has 108 valence electrons. The van der Waals surface area contributed by atoms with Crippen LogP contribution in [0.25, 0.3) is 0 Å². The summed E-state index contributed by atoms with van der Waals surface area (Å²) in [4.78, 5) is 13.1. The highest BCUT2D eigenvalue weighted by Crippen LogP contribution is 2.16. The third kappa shape index (κ3) is 5.31. The van der Waals surface area contributed by atoms with Gasteiger partial charge in [0.1, 0.15) is 5.54 Å². The number of rotatable bonds is 6. The molecule has 1 rings (SSSR count). The van der Waals surface area contributed by atoms with Crippen molar-refractivity contribution in [2.24, 2.45) is 0 Å². The van der Waals surface area contributed by atoms with E-state index in [0.717, 1.165) is 18.5 Å². The Morgan fingerprint density at radius 2 is 1.90 bits per heavy atom. The number of hydrogen-bond acceptors (Lipinski definition) is 3. The van der Waals surface area contributed by atoms with Crippen LogP contribution in [0.2, 0.25) is 0 Å². The van der Waals surface area contributed by atoms with Gasteiger partial charge in [0.2, 0.25) is 5.91 Å². The van der Waals surface area contributed by atoms with Crippen molar-refractivity contribution in [3.05, 3.63) is 29.8 Å². The van der Waals surface area contributed by atoms with E-state index < -0.39 is 5.54 Å². The molecular weight excluding hydrogens is 250 g/mol. The second-order valence-electron chi connectivity index (χ2n) is 5.70. The van der Waals surface area contributed by atoms with E-state index in [9.17, 15) is 4.79 Å². The van der Waals surface area contributed by atoms with Crippen LogP contribution < -0.4 is 5.32 Å². The first-order chi connectivity index (χ1) is 9.34. The largest absolute Gasteiger partial charge is 0.368 e.